The topological polar surface area (TPSA) is 58.4 Å². The van der Waals surface area contributed by atoms with Gasteiger partial charge in [0.1, 0.15) is 5.69 Å². The molecule has 0 bridgehead atoms. The molecule has 5 heteroatoms. The first kappa shape index (κ1) is 13.8. The lowest BCUT2D eigenvalue weighted by molar-refractivity contribution is 0.0678. The smallest absolute Gasteiger partial charge is 0.352 e. The van der Waals surface area contributed by atoms with Gasteiger partial charge in [-0.25, -0.2) is 4.79 Å². The summed E-state index contributed by atoms with van der Waals surface area (Å²) in [4.78, 5) is 17.6. The van der Waals surface area contributed by atoms with E-state index in [1.165, 1.54) is 5.56 Å². The van der Waals surface area contributed by atoms with Crippen molar-refractivity contribution in [2.45, 2.75) is 25.4 Å². The lowest BCUT2D eigenvalue weighted by Crippen LogP contribution is -2.34. The minimum absolute atomic E-state index is 0.291. The third-order valence-corrected chi connectivity index (χ3v) is 4.10. The Labute approximate surface area is 123 Å². The van der Waals surface area contributed by atoms with Crippen molar-refractivity contribution < 1.29 is 9.90 Å². The van der Waals surface area contributed by atoms with Crippen LogP contribution in [0.15, 0.2) is 42.9 Å². The number of nitrogens with zero attached hydrogens (tertiary/aromatic N) is 3. The number of aromatic carboxylic acids is 1. The average Bonchev–Trinajstić information content (AvgIpc) is 2.99. The molecule has 0 amide bonds. The predicted octanol–water partition coefficient (Wildman–Crippen LogP) is 2.42. The van der Waals surface area contributed by atoms with Gasteiger partial charge >= 0.3 is 5.97 Å². The molecule has 0 saturated carbocycles. The quantitative estimate of drug-likeness (QED) is 0.937. The van der Waals surface area contributed by atoms with Crippen LogP contribution in [0.2, 0.25) is 0 Å². The summed E-state index contributed by atoms with van der Waals surface area (Å²) >= 11 is 0. The lowest BCUT2D eigenvalue weighted by atomic mass is 10.0. The molecule has 1 fully saturated rings. The number of carbonyl (C=O) groups is 1. The number of hydrogen-bond donors (Lipinski definition) is 1. The van der Waals surface area contributed by atoms with Gasteiger partial charge in [0.2, 0.25) is 0 Å². The van der Waals surface area contributed by atoms with Crippen LogP contribution in [0.3, 0.4) is 0 Å². The van der Waals surface area contributed by atoms with Gasteiger partial charge in [-0.1, -0.05) is 0 Å². The summed E-state index contributed by atoms with van der Waals surface area (Å²) < 4.78 is 1.91. The Morgan fingerprint density at radius 1 is 1.24 bits per heavy atom. The number of likely N-dealkylation sites (tertiary alicyclic amines) is 1. The van der Waals surface area contributed by atoms with Crippen LogP contribution in [0.25, 0.3) is 0 Å². The highest BCUT2D eigenvalue weighted by Gasteiger charge is 2.23. The summed E-state index contributed by atoms with van der Waals surface area (Å²) in [5.41, 5.74) is 1.67. The molecule has 21 heavy (non-hydrogen) atoms. The van der Waals surface area contributed by atoms with E-state index in [-0.39, 0.29) is 0 Å². The van der Waals surface area contributed by atoms with E-state index in [4.69, 9.17) is 0 Å². The molecular weight excluding hydrogens is 266 g/mol. The Morgan fingerprint density at radius 2 is 1.95 bits per heavy atom. The molecule has 0 radical (unpaired) electrons. The molecular formula is C16H19N3O2. The zero-order valence-electron chi connectivity index (χ0n) is 11.9. The fourth-order valence-corrected chi connectivity index (χ4v) is 3.00. The Morgan fingerprint density at radius 3 is 2.62 bits per heavy atom. The number of piperidine rings is 1. The minimum Gasteiger partial charge on any atom is -0.477 e. The predicted molar refractivity (Wildman–Crippen MR) is 79.2 cm³/mol. The molecule has 1 saturated heterocycles. The molecule has 1 N–H and O–H groups in total. The Balaban J connectivity index is 1.60. The third-order valence-electron chi connectivity index (χ3n) is 4.10. The standard InChI is InChI=1S/C16H19N3O2/c20-16(21)15-2-1-9-19(15)14-5-10-18(11-6-14)12-13-3-7-17-8-4-13/h1-4,7-9,14H,5-6,10-12H2,(H,20,21). The van der Waals surface area contributed by atoms with Crippen molar-refractivity contribution in [2.75, 3.05) is 13.1 Å². The maximum Gasteiger partial charge on any atom is 0.352 e. The summed E-state index contributed by atoms with van der Waals surface area (Å²) in [7, 11) is 0. The molecule has 3 rings (SSSR count). The first-order chi connectivity index (χ1) is 10.2. The summed E-state index contributed by atoms with van der Waals surface area (Å²) in [6, 6.07) is 7.86. The normalized spacial score (nSPS) is 17.0. The van der Waals surface area contributed by atoms with Crippen molar-refractivity contribution >= 4 is 5.97 Å². The first-order valence-electron chi connectivity index (χ1n) is 7.25. The molecule has 0 unspecified atom stereocenters. The van der Waals surface area contributed by atoms with Gasteiger partial charge in [0, 0.05) is 44.3 Å². The number of pyridine rings is 1. The van der Waals surface area contributed by atoms with Crippen LogP contribution < -0.4 is 0 Å². The van der Waals surface area contributed by atoms with Crippen LogP contribution in [0.5, 0.6) is 0 Å². The lowest BCUT2D eigenvalue weighted by Gasteiger charge is -2.33. The summed E-state index contributed by atoms with van der Waals surface area (Å²) in [6.45, 7) is 2.92. The van der Waals surface area contributed by atoms with Crippen LogP contribution in [0.4, 0.5) is 0 Å². The van der Waals surface area contributed by atoms with Crippen molar-refractivity contribution in [3.8, 4) is 0 Å². The van der Waals surface area contributed by atoms with Gasteiger partial charge in [0.25, 0.3) is 0 Å². The van der Waals surface area contributed by atoms with Crippen LogP contribution in [0, 0.1) is 0 Å². The third kappa shape index (κ3) is 3.13. The van der Waals surface area contributed by atoms with E-state index >= 15 is 0 Å². The summed E-state index contributed by atoms with van der Waals surface area (Å²) in [5, 5.41) is 9.19. The number of rotatable bonds is 4. The monoisotopic (exact) mass is 285 g/mol. The molecule has 0 spiro atoms. The maximum atomic E-state index is 11.2. The fourth-order valence-electron chi connectivity index (χ4n) is 3.00. The van der Waals surface area contributed by atoms with Crippen LogP contribution in [-0.2, 0) is 6.54 Å². The van der Waals surface area contributed by atoms with Crippen molar-refractivity contribution in [3.05, 3.63) is 54.1 Å². The SMILES string of the molecule is O=C(O)c1cccn1C1CCN(Cc2ccncc2)CC1. The van der Waals surface area contributed by atoms with Crippen molar-refractivity contribution in [1.82, 2.24) is 14.5 Å². The maximum absolute atomic E-state index is 11.2. The van der Waals surface area contributed by atoms with E-state index in [0.717, 1.165) is 32.5 Å². The Hall–Kier alpha value is -2.14. The molecule has 110 valence electrons. The fraction of sp³-hybridized carbons (Fsp3) is 0.375. The van der Waals surface area contributed by atoms with Gasteiger partial charge in [0.15, 0.2) is 0 Å². The summed E-state index contributed by atoms with van der Waals surface area (Å²) in [5.74, 6) is -0.848. The zero-order valence-corrected chi connectivity index (χ0v) is 11.9. The largest absolute Gasteiger partial charge is 0.477 e. The minimum atomic E-state index is -0.848. The highest BCUT2D eigenvalue weighted by molar-refractivity contribution is 5.85. The van der Waals surface area contributed by atoms with E-state index in [9.17, 15) is 9.90 Å². The van der Waals surface area contributed by atoms with Gasteiger partial charge in [-0.15, -0.1) is 0 Å². The van der Waals surface area contributed by atoms with Crippen LogP contribution in [0.1, 0.15) is 34.9 Å². The van der Waals surface area contributed by atoms with Gasteiger partial charge in [0.05, 0.1) is 0 Å². The number of aromatic nitrogens is 2. The molecule has 1 aliphatic heterocycles. The van der Waals surface area contributed by atoms with Crippen molar-refractivity contribution in [3.63, 3.8) is 0 Å². The van der Waals surface area contributed by atoms with Gasteiger partial charge in [-0.05, 0) is 42.7 Å². The Bertz CT molecular complexity index is 601. The highest BCUT2D eigenvalue weighted by atomic mass is 16.4. The van der Waals surface area contributed by atoms with E-state index < -0.39 is 5.97 Å². The van der Waals surface area contributed by atoms with E-state index in [2.05, 4.69) is 9.88 Å². The van der Waals surface area contributed by atoms with Crippen molar-refractivity contribution in [1.29, 1.82) is 0 Å². The summed E-state index contributed by atoms with van der Waals surface area (Å²) in [6.07, 6.45) is 7.49. The van der Waals surface area contributed by atoms with Gasteiger partial charge in [-0.3, -0.25) is 9.88 Å². The highest BCUT2D eigenvalue weighted by Crippen LogP contribution is 2.25. The van der Waals surface area contributed by atoms with Crippen molar-refractivity contribution in [2.24, 2.45) is 0 Å². The zero-order chi connectivity index (χ0) is 14.7. The molecule has 1 aliphatic rings. The molecule has 2 aromatic rings. The molecule has 3 heterocycles. The molecule has 5 nitrogen and oxygen atoms in total. The number of hydrogen-bond acceptors (Lipinski definition) is 3. The molecule has 0 atom stereocenters. The van der Waals surface area contributed by atoms with Gasteiger partial charge in [-0.2, -0.15) is 0 Å². The van der Waals surface area contributed by atoms with E-state index in [1.54, 1.807) is 6.07 Å². The van der Waals surface area contributed by atoms with Crippen LogP contribution >= 0.6 is 0 Å². The Kier molecular flexibility index (Phi) is 4.01. The van der Waals surface area contributed by atoms with E-state index in [0.29, 0.717) is 11.7 Å². The first-order valence-corrected chi connectivity index (χ1v) is 7.25. The molecule has 0 aliphatic carbocycles. The second-order valence-electron chi connectivity index (χ2n) is 5.47. The second-order valence-corrected chi connectivity index (χ2v) is 5.47. The van der Waals surface area contributed by atoms with Crippen LogP contribution in [-0.4, -0.2) is 38.6 Å². The van der Waals surface area contributed by atoms with E-state index in [1.807, 2.05) is 41.4 Å². The number of carboxylic acids is 1. The second kappa shape index (κ2) is 6.10. The van der Waals surface area contributed by atoms with Gasteiger partial charge < -0.3 is 9.67 Å². The molecule has 2 aromatic heterocycles. The average molecular weight is 285 g/mol. The molecule has 0 aromatic carbocycles. The number of carboxylic acid groups (broad SMARTS) is 1.